The van der Waals surface area contributed by atoms with Crippen molar-refractivity contribution in [2.75, 3.05) is 20.8 Å². The molecule has 0 aliphatic heterocycles. The summed E-state index contributed by atoms with van der Waals surface area (Å²) in [4.78, 5) is 0.0732. The first-order chi connectivity index (χ1) is 9.96. The van der Waals surface area contributed by atoms with E-state index in [0.29, 0.717) is 12.3 Å². The monoisotopic (exact) mass is 350 g/mol. The van der Waals surface area contributed by atoms with Gasteiger partial charge in [-0.2, -0.15) is 0 Å². The van der Waals surface area contributed by atoms with E-state index in [1.165, 1.54) is 20.3 Å². The molecule has 1 aliphatic carbocycles. The number of hydrogen-bond acceptors (Lipinski definition) is 5. The molecule has 0 aromatic heterocycles. The lowest BCUT2D eigenvalue weighted by molar-refractivity contribution is 0.383. The number of nitrogens with two attached hydrogens (primary N) is 1. The Bertz CT molecular complexity index is 601. The summed E-state index contributed by atoms with van der Waals surface area (Å²) in [5, 5.41) is 0. The Morgan fingerprint density at radius 3 is 2.36 bits per heavy atom. The van der Waals surface area contributed by atoms with Crippen LogP contribution in [0.15, 0.2) is 23.1 Å². The molecule has 126 valence electrons. The zero-order chi connectivity index (χ0) is 15.5. The van der Waals surface area contributed by atoms with Crippen LogP contribution in [0.3, 0.4) is 0 Å². The lowest BCUT2D eigenvalue weighted by Crippen LogP contribution is -2.51. The Morgan fingerprint density at radius 1 is 1.23 bits per heavy atom. The lowest BCUT2D eigenvalue weighted by Gasteiger charge is -2.28. The maximum atomic E-state index is 12.7. The summed E-state index contributed by atoms with van der Waals surface area (Å²) in [6.07, 6.45) is 3.48. The van der Waals surface area contributed by atoms with Gasteiger partial charge in [0.25, 0.3) is 0 Å². The highest BCUT2D eigenvalue weighted by Gasteiger charge is 2.37. The van der Waals surface area contributed by atoms with Gasteiger partial charge in [0, 0.05) is 18.2 Å². The fraction of sp³-hybridized carbons (Fsp3) is 0.571. The summed E-state index contributed by atoms with van der Waals surface area (Å²) in [5.74, 6) is 0.748. The van der Waals surface area contributed by atoms with Crippen molar-refractivity contribution in [3.05, 3.63) is 18.2 Å². The molecule has 2 rings (SSSR count). The number of sulfonamides is 1. The Morgan fingerprint density at radius 2 is 1.86 bits per heavy atom. The molecule has 0 unspecified atom stereocenters. The van der Waals surface area contributed by atoms with Crippen LogP contribution in [0, 0.1) is 0 Å². The van der Waals surface area contributed by atoms with Crippen molar-refractivity contribution in [3.8, 4) is 11.5 Å². The molecule has 22 heavy (non-hydrogen) atoms. The molecule has 1 saturated carbocycles. The third kappa shape index (κ3) is 3.84. The van der Waals surface area contributed by atoms with Gasteiger partial charge in [-0.1, -0.05) is 12.8 Å². The number of rotatable bonds is 6. The predicted octanol–water partition coefficient (Wildman–Crippen LogP) is 1.68. The largest absolute Gasteiger partial charge is 0.497 e. The molecule has 0 saturated heterocycles. The van der Waals surface area contributed by atoms with Gasteiger partial charge >= 0.3 is 0 Å². The summed E-state index contributed by atoms with van der Waals surface area (Å²) in [5.41, 5.74) is 5.25. The van der Waals surface area contributed by atoms with Gasteiger partial charge in [-0.05, 0) is 25.0 Å². The molecule has 1 fully saturated rings. The summed E-state index contributed by atoms with van der Waals surface area (Å²) in [7, 11) is -0.795. The van der Waals surface area contributed by atoms with Crippen molar-refractivity contribution in [2.45, 2.75) is 36.1 Å². The topological polar surface area (TPSA) is 90.6 Å². The van der Waals surface area contributed by atoms with Crippen LogP contribution in [0.5, 0.6) is 11.5 Å². The highest BCUT2D eigenvalue weighted by molar-refractivity contribution is 7.89. The zero-order valence-corrected chi connectivity index (χ0v) is 14.4. The van der Waals surface area contributed by atoms with E-state index >= 15 is 0 Å². The van der Waals surface area contributed by atoms with E-state index in [2.05, 4.69) is 4.72 Å². The maximum absolute atomic E-state index is 12.7. The first-order valence-electron chi connectivity index (χ1n) is 6.92. The van der Waals surface area contributed by atoms with Crippen LogP contribution in [0.25, 0.3) is 0 Å². The van der Waals surface area contributed by atoms with Gasteiger partial charge < -0.3 is 15.2 Å². The smallest absolute Gasteiger partial charge is 0.244 e. The molecule has 6 nitrogen and oxygen atoms in total. The summed E-state index contributed by atoms with van der Waals surface area (Å²) in [6.45, 7) is 0.290. The van der Waals surface area contributed by atoms with Crippen LogP contribution in [-0.4, -0.2) is 34.7 Å². The van der Waals surface area contributed by atoms with Crippen molar-refractivity contribution in [2.24, 2.45) is 5.73 Å². The number of benzene rings is 1. The minimum Gasteiger partial charge on any atom is -0.497 e. The van der Waals surface area contributed by atoms with Crippen LogP contribution >= 0.6 is 12.4 Å². The lowest BCUT2D eigenvalue weighted by atomic mass is 10.0. The van der Waals surface area contributed by atoms with E-state index in [0.717, 1.165) is 25.7 Å². The van der Waals surface area contributed by atoms with Crippen molar-refractivity contribution in [3.63, 3.8) is 0 Å². The van der Waals surface area contributed by atoms with Gasteiger partial charge in [-0.3, -0.25) is 0 Å². The van der Waals surface area contributed by atoms with Crippen molar-refractivity contribution < 1.29 is 17.9 Å². The second kappa shape index (κ2) is 7.50. The minimum absolute atomic E-state index is 0. The molecule has 0 radical (unpaired) electrons. The molecule has 1 aliphatic rings. The summed E-state index contributed by atoms with van der Waals surface area (Å²) >= 11 is 0. The molecule has 3 N–H and O–H groups in total. The number of nitrogens with one attached hydrogen (secondary N) is 1. The Balaban J connectivity index is 0.00000242. The van der Waals surface area contributed by atoms with Crippen LogP contribution in [-0.2, 0) is 10.0 Å². The van der Waals surface area contributed by atoms with Gasteiger partial charge in [0.05, 0.1) is 14.2 Å². The SMILES string of the molecule is COc1ccc(OC)c(S(=O)(=O)NC2(CN)CCCC2)c1.Cl. The van der Waals surface area contributed by atoms with Crippen LogP contribution in [0.1, 0.15) is 25.7 Å². The minimum atomic E-state index is -3.72. The molecule has 8 heteroatoms. The van der Waals surface area contributed by atoms with E-state index < -0.39 is 15.6 Å². The van der Waals surface area contributed by atoms with Crippen LogP contribution in [0.2, 0.25) is 0 Å². The Labute approximate surface area is 137 Å². The molecule has 0 atom stereocenters. The molecular weight excluding hydrogens is 328 g/mol. The van der Waals surface area contributed by atoms with Gasteiger partial charge in [0.1, 0.15) is 16.4 Å². The fourth-order valence-corrected chi connectivity index (χ4v) is 4.39. The molecule has 1 aromatic rings. The second-order valence-electron chi connectivity index (χ2n) is 5.31. The second-order valence-corrected chi connectivity index (χ2v) is 6.96. The van der Waals surface area contributed by atoms with Crippen molar-refractivity contribution >= 4 is 22.4 Å². The quantitative estimate of drug-likeness (QED) is 0.814. The third-order valence-corrected chi connectivity index (χ3v) is 5.56. The number of methoxy groups -OCH3 is 2. The number of halogens is 1. The average Bonchev–Trinajstić information content (AvgIpc) is 2.95. The van der Waals surface area contributed by atoms with Crippen molar-refractivity contribution in [1.29, 1.82) is 0 Å². The molecule has 0 bridgehead atoms. The third-order valence-electron chi connectivity index (χ3n) is 3.96. The Kier molecular flexibility index (Phi) is 6.49. The first kappa shape index (κ1) is 19.0. The summed E-state index contributed by atoms with van der Waals surface area (Å²) in [6, 6.07) is 4.70. The van der Waals surface area contributed by atoms with Crippen molar-refractivity contribution in [1.82, 2.24) is 4.72 Å². The predicted molar refractivity (Wildman–Crippen MR) is 87.4 cm³/mol. The normalized spacial score (nSPS) is 16.9. The first-order valence-corrected chi connectivity index (χ1v) is 8.41. The summed E-state index contributed by atoms with van der Waals surface area (Å²) < 4.78 is 38.4. The zero-order valence-electron chi connectivity index (χ0n) is 12.8. The molecule has 1 aromatic carbocycles. The molecular formula is C14H23ClN2O4S. The standard InChI is InChI=1S/C14H22N2O4S.ClH/c1-19-11-5-6-12(20-2)13(9-11)21(17,18)16-14(10-15)7-3-4-8-14;/h5-6,9,16H,3-4,7-8,10,15H2,1-2H3;1H. The van der Waals surface area contributed by atoms with E-state index in [1.807, 2.05) is 0 Å². The van der Waals surface area contributed by atoms with E-state index in [1.54, 1.807) is 12.1 Å². The molecule has 0 spiro atoms. The van der Waals surface area contributed by atoms with Crippen LogP contribution < -0.4 is 19.9 Å². The average molecular weight is 351 g/mol. The van der Waals surface area contributed by atoms with E-state index in [9.17, 15) is 8.42 Å². The molecule has 0 heterocycles. The fourth-order valence-electron chi connectivity index (χ4n) is 2.73. The highest BCUT2D eigenvalue weighted by atomic mass is 35.5. The highest BCUT2D eigenvalue weighted by Crippen LogP contribution is 2.33. The van der Waals surface area contributed by atoms with Gasteiger partial charge in [0.2, 0.25) is 10.0 Å². The Hall–Kier alpha value is -1.02. The van der Waals surface area contributed by atoms with Gasteiger partial charge in [-0.15, -0.1) is 12.4 Å². The number of ether oxygens (including phenoxy) is 2. The van der Waals surface area contributed by atoms with Crippen LogP contribution in [0.4, 0.5) is 0 Å². The van der Waals surface area contributed by atoms with E-state index in [-0.39, 0.29) is 23.1 Å². The molecule has 0 amide bonds. The van der Waals surface area contributed by atoms with E-state index in [4.69, 9.17) is 15.2 Å². The van der Waals surface area contributed by atoms with Gasteiger partial charge in [-0.25, -0.2) is 13.1 Å². The number of hydrogen-bond donors (Lipinski definition) is 2. The maximum Gasteiger partial charge on any atom is 0.244 e. The van der Waals surface area contributed by atoms with Gasteiger partial charge in [0.15, 0.2) is 0 Å².